The lowest BCUT2D eigenvalue weighted by Crippen LogP contribution is -2.09. The predicted octanol–water partition coefficient (Wildman–Crippen LogP) is 1.62. The summed E-state index contributed by atoms with van der Waals surface area (Å²) in [4.78, 5) is 4.13. The summed E-state index contributed by atoms with van der Waals surface area (Å²) in [6.45, 7) is 0. The average molecular weight is 283 g/mol. The summed E-state index contributed by atoms with van der Waals surface area (Å²) in [5, 5.41) is 0. The molecule has 0 saturated heterocycles. The van der Waals surface area contributed by atoms with Crippen LogP contribution in [-0.4, -0.2) is 16.8 Å². The number of hydrogen-bond acceptors (Lipinski definition) is 4. The SMILES string of the molecule is COc1ccc(-c2cn(N)c(N)n2)cc1Br. The van der Waals surface area contributed by atoms with E-state index in [0.717, 1.165) is 21.5 Å². The normalized spacial score (nSPS) is 10.4. The molecule has 0 atom stereocenters. The van der Waals surface area contributed by atoms with Crippen LogP contribution in [0.25, 0.3) is 11.3 Å². The van der Waals surface area contributed by atoms with Gasteiger partial charge in [-0.1, -0.05) is 0 Å². The zero-order valence-electron chi connectivity index (χ0n) is 8.64. The van der Waals surface area contributed by atoms with Crippen molar-refractivity contribution >= 4 is 21.9 Å². The Morgan fingerprint density at radius 3 is 2.69 bits per heavy atom. The number of nitrogens with two attached hydrogens (primary N) is 2. The highest BCUT2D eigenvalue weighted by molar-refractivity contribution is 9.10. The first-order chi connectivity index (χ1) is 7.61. The summed E-state index contributed by atoms with van der Waals surface area (Å²) in [6.07, 6.45) is 1.67. The maximum Gasteiger partial charge on any atom is 0.219 e. The second-order valence-electron chi connectivity index (χ2n) is 3.24. The third-order valence-electron chi connectivity index (χ3n) is 2.21. The second kappa shape index (κ2) is 4.05. The quantitative estimate of drug-likeness (QED) is 0.821. The van der Waals surface area contributed by atoms with Crippen molar-refractivity contribution in [1.82, 2.24) is 9.66 Å². The lowest BCUT2D eigenvalue weighted by Gasteiger charge is -2.04. The molecule has 1 aromatic carbocycles. The van der Waals surface area contributed by atoms with Crippen molar-refractivity contribution in [2.45, 2.75) is 0 Å². The minimum atomic E-state index is 0.280. The summed E-state index contributed by atoms with van der Waals surface area (Å²) in [6, 6.07) is 5.65. The van der Waals surface area contributed by atoms with Crippen molar-refractivity contribution in [2.75, 3.05) is 18.7 Å². The minimum absolute atomic E-state index is 0.280. The van der Waals surface area contributed by atoms with Gasteiger partial charge in [0.15, 0.2) is 0 Å². The van der Waals surface area contributed by atoms with Crippen LogP contribution in [0.1, 0.15) is 0 Å². The zero-order chi connectivity index (χ0) is 11.7. The first-order valence-electron chi connectivity index (χ1n) is 4.55. The topological polar surface area (TPSA) is 79.1 Å². The van der Waals surface area contributed by atoms with Crippen molar-refractivity contribution in [2.24, 2.45) is 0 Å². The van der Waals surface area contributed by atoms with Crippen LogP contribution < -0.4 is 16.3 Å². The van der Waals surface area contributed by atoms with E-state index in [1.54, 1.807) is 13.3 Å². The third-order valence-corrected chi connectivity index (χ3v) is 2.83. The Kier molecular flexibility index (Phi) is 2.74. The number of methoxy groups -OCH3 is 1. The van der Waals surface area contributed by atoms with Gasteiger partial charge >= 0.3 is 0 Å². The molecule has 0 spiro atoms. The number of aromatic nitrogens is 2. The molecule has 1 heterocycles. The summed E-state index contributed by atoms with van der Waals surface area (Å²) < 4.78 is 7.29. The van der Waals surface area contributed by atoms with E-state index < -0.39 is 0 Å². The number of benzene rings is 1. The van der Waals surface area contributed by atoms with E-state index in [1.807, 2.05) is 18.2 Å². The Morgan fingerprint density at radius 2 is 2.19 bits per heavy atom. The lowest BCUT2D eigenvalue weighted by molar-refractivity contribution is 0.412. The number of rotatable bonds is 2. The molecule has 0 aliphatic heterocycles. The molecule has 2 aromatic rings. The molecule has 1 aromatic heterocycles. The molecule has 0 unspecified atom stereocenters. The average Bonchev–Trinajstić information content (AvgIpc) is 2.59. The van der Waals surface area contributed by atoms with E-state index in [2.05, 4.69) is 20.9 Å². The second-order valence-corrected chi connectivity index (χ2v) is 4.10. The number of nitrogens with zero attached hydrogens (tertiary/aromatic N) is 2. The predicted molar refractivity (Wildman–Crippen MR) is 66.5 cm³/mol. The molecule has 84 valence electrons. The van der Waals surface area contributed by atoms with Crippen molar-refractivity contribution in [3.63, 3.8) is 0 Å². The highest BCUT2D eigenvalue weighted by Gasteiger charge is 2.07. The van der Waals surface area contributed by atoms with Crippen molar-refractivity contribution in [3.8, 4) is 17.0 Å². The van der Waals surface area contributed by atoms with Crippen LogP contribution in [-0.2, 0) is 0 Å². The van der Waals surface area contributed by atoms with Gasteiger partial charge in [0.1, 0.15) is 5.75 Å². The van der Waals surface area contributed by atoms with Gasteiger partial charge in [0.25, 0.3) is 0 Å². The van der Waals surface area contributed by atoms with Gasteiger partial charge in [0.05, 0.1) is 23.5 Å². The minimum Gasteiger partial charge on any atom is -0.496 e. The molecular formula is C10H11BrN4O. The summed E-state index contributed by atoms with van der Waals surface area (Å²) in [5.41, 5.74) is 7.21. The molecule has 5 nitrogen and oxygen atoms in total. The fourth-order valence-corrected chi connectivity index (χ4v) is 1.91. The molecule has 0 fully saturated rings. The van der Waals surface area contributed by atoms with Crippen LogP contribution in [0.15, 0.2) is 28.9 Å². The van der Waals surface area contributed by atoms with Gasteiger partial charge in [-0.25, -0.2) is 9.66 Å². The van der Waals surface area contributed by atoms with Gasteiger partial charge in [-0.05, 0) is 34.1 Å². The first kappa shape index (κ1) is 10.8. The van der Waals surface area contributed by atoms with Crippen LogP contribution in [0.2, 0.25) is 0 Å². The molecule has 16 heavy (non-hydrogen) atoms. The number of halogens is 1. The number of hydrogen-bond donors (Lipinski definition) is 2. The van der Waals surface area contributed by atoms with E-state index in [9.17, 15) is 0 Å². The summed E-state index contributed by atoms with van der Waals surface area (Å²) >= 11 is 3.41. The third kappa shape index (κ3) is 1.83. The maximum atomic E-state index is 5.56. The number of ether oxygens (including phenoxy) is 1. The largest absolute Gasteiger partial charge is 0.496 e. The van der Waals surface area contributed by atoms with Gasteiger partial charge < -0.3 is 16.3 Å². The molecule has 0 bridgehead atoms. The molecule has 0 aliphatic carbocycles. The van der Waals surface area contributed by atoms with Crippen LogP contribution in [0.5, 0.6) is 5.75 Å². The summed E-state index contributed by atoms with van der Waals surface area (Å²) in [7, 11) is 1.62. The van der Waals surface area contributed by atoms with Crippen LogP contribution >= 0.6 is 15.9 Å². The molecule has 0 aliphatic rings. The van der Waals surface area contributed by atoms with Crippen LogP contribution in [0.3, 0.4) is 0 Å². The Balaban J connectivity index is 2.45. The van der Waals surface area contributed by atoms with Gasteiger partial charge in [0, 0.05) is 5.56 Å². The molecule has 0 radical (unpaired) electrons. The first-order valence-corrected chi connectivity index (χ1v) is 5.35. The highest BCUT2D eigenvalue weighted by Crippen LogP contribution is 2.30. The van der Waals surface area contributed by atoms with Gasteiger partial charge in [-0.15, -0.1) is 0 Å². The number of nitrogen functional groups attached to an aromatic ring is 2. The van der Waals surface area contributed by atoms with Crippen LogP contribution in [0, 0.1) is 0 Å². The smallest absolute Gasteiger partial charge is 0.219 e. The molecule has 4 N–H and O–H groups in total. The van der Waals surface area contributed by atoms with Crippen LogP contribution in [0.4, 0.5) is 5.95 Å². The fraction of sp³-hybridized carbons (Fsp3) is 0.100. The maximum absolute atomic E-state index is 5.56. The zero-order valence-corrected chi connectivity index (χ0v) is 10.2. The Labute approximate surface area is 101 Å². The fourth-order valence-electron chi connectivity index (χ4n) is 1.37. The Hall–Kier alpha value is -1.69. The van der Waals surface area contributed by atoms with Crippen molar-refractivity contribution < 1.29 is 4.74 Å². The molecular weight excluding hydrogens is 272 g/mol. The monoisotopic (exact) mass is 282 g/mol. The molecule has 2 rings (SSSR count). The lowest BCUT2D eigenvalue weighted by atomic mass is 10.2. The highest BCUT2D eigenvalue weighted by atomic mass is 79.9. The molecule has 0 amide bonds. The Morgan fingerprint density at radius 1 is 1.44 bits per heavy atom. The summed E-state index contributed by atoms with van der Waals surface area (Å²) in [5.74, 6) is 6.61. The van der Waals surface area contributed by atoms with E-state index in [1.165, 1.54) is 4.68 Å². The molecule has 6 heteroatoms. The van der Waals surface area contributed by atoms with Crippen molar-refractivity contribution in [3.05, 3.63) is 28.9 Å². The van der Waals surface area contributed by atoms with Gasteiger partial charge in [0.2, 0.25) is 5.95 Å². The van der Waals surface area contributed by atoms with Gasteiger partial charge in [-0.2, -0.15) is 0 Å². The standard InChI is InChI=1S/C10H11BrN4O/c1-16-9-3-2-6(4-7(9)11)8-5-15(13)10(12)14-8/h2-5H,13H2,1H3,(H2,12,14). The number of imidazole rings is 1. The van der Waals surface area contributed by atoms with Crippen molar-refractivity contribution in [1.29, 1.82) is 0 Å². The molecule has 0 saturated carbocycles. The van der Waals surface area contributed by atoms with E-state index >= 15 is 0 Å². The van der Waals surface area contributed by atoms with E-state index in [-0.39, 0.29) is 5.95 Å². The van der Waals surface area contributed by atoms with Gasteiger partial charge in [-0.3, -0.25) is 0 Å². The van der Waals surface area contributed by atoms with E-state index in [4.69, 9.17) is 16.3 Å². The number of anilines is 1. The Bertz CT molecular complexity index is 504. The van der Waals surface area contributed by atoms with E-state index in [0.29, 0.717) is 0 Å².